The first-order valence-corrected chi connectivity index (χ1v) is 14.2. The molecule has 1 N–H and O–H groups in total. The second-order valence-corrected chi connectivity index (χ2v) is 10.9. The standard InChI is InChI=1S/C33H30N6O3/c40-33-35-30-8-4-5-9-31(30)38(33)27-16-18-36(19-17-27)21-23-10-12-26(13-11-23)37-22-25-20-28(39(41)42)14-15-29(25)34-32(37)24-6-2-1-3-7-24/h1-15,20,27H,16-19,21-22H2,(H,35,40). The molecule has 9 nitrogen and oxygen atoms in total. The largest absolute Gasteiger partial charge is 0.326 e. The average Bonchev–Trinajstić information content (AvgIpc) is 3.37. The molecule has 0 radical (unpaired) electrons. The minimum Gasteiger partial charge on any atom is -0.321 e. The Morgan fingerprint density at radius 1 is 0.905 bits per heavy atom. The minimum absolute atomic E-state index is 0.0291. The van der Waals surface area contributed by atoms with Crippen LogP contribution in [0.1, 0.15) is 35.6 Å². The first kappa shape index (κ1) is 25.9. The number of non-ortho nitro benzene ring substituents is 1. The lowest BCUT2D eigenvalue weighted by Crippen LogP contribution is -2.36. The number of aromatic nitrogens is 2. The molecule has 9 heteroatoms. The number of para-hydroxylation sites is 2. The van der Waals surface area contributed by atoms with E-state index in [1.807, 2.05) is 59.2 Å². The van der Waals surface area contributed by atoms with E-state index in [2.05, 4.69) is 39.0 Å². The lowest BCUT2D eigenvalue weighted by Gasteiger charge is -2.33. The summed E-state index contributed by atoms with van der Waals surface area (Å²) in [5.74, 6) is 0.819. The van der Waals surface area contributed by atoms with E-state index in [4.69, 9.17) is 4.99 Å². The van der Waals surface area contributed by atoms with Crippen LogP contribution in [0.25, 0.3) is 11.0 Å². The fourth-order valence-electron chi connectivity index (χ4n) is 6.17. The number of H-pyrrole nitrogens is 1. The van der Waals surface area contributed by atoms with Crippen LogP contribution < -0.4 is 10.6 Å². The molecule has 0 bridgehead atoms. The maximum absolute atomic E-state index is 12.7. The maximum Gasteiger partial charge on any atom is 0.326 e. The van der Waals surface area contributed by atoms with Gasteiger partial charge in [-0.2, -0.15) is 0 Å². The number of anilines is 1. The fraction of sp³-hybridized carbons (Fsp3) is 0.212. The lowest BCUT2D eigenvalue weighted by atomic mass is 10.0. The fourth-order valence-corrected chi connectivity index (χ4v) is 6.17. The van der Waals surface area contributed by atoms with Gasteiger partial charge in [-0.05, 0) is 48.7 Å². The molecule has 42 heavy (non-hydrogen) atoms. The molecule has 7 rings (SSSR count). The highest BCUT2D eigenvalue weighted by Crippen LogP contribution is 2.34. The summed E-state index contributed by atoms with van der Waals surface area (Å²) in [5, 5.41) is 11.4. The summed E-state index contributed by atoms with van der Waals surface area (Å²) in [4.78, 5) is 36.2. The molecule has 1 fully saturated rings. The predicted molar refractivity (Wildman–Crippen MR) is 164 cm³/mol. The van der Waals surface area contributed by atoms with Crippen molar-refractivity contribution in [3.8, 4) is 0 Å². The molecule has 0 amide bonds. The number of aliphatic imine (C=N–C) groups is 1. The van der Waals surface area contributed by atoms with Gasteiger partial charge in [-0.15, -0.1) is 0 Å². The zero-order valence-electron chi connectivity index (χ0n) is 23.0. The Labute approximate surface area is 242 Å². The van der Waals surface area contributed by atoms with Crippen LogP contribution >= 0.6 is 0 Å². The van der Waals surface area contributed by atoms with Crippen molar-refractivity contribution in [1.82, 2.24) is 14.5 Å². The van der Waals surface area contributed by atoms with Crippen molar-refractivity contribution >= 4 is 33.9 Å². The Morgan fingerprint density at radius 2 is 1.64 bits per heavy atom. The topological polar surface area (TPSA) is 99.8 Å². The summed E-state index contributed by atoms with van der Waals surface area (Å²) in [6.45, 7) is 3.17. The molecule has 5 aromatic rings. The van der Waals surface area contributed by atoms with Crippen molar-refractivity contribution in [2.75, 3.05) is 18.0 Å². The molecule has 0 aliphatic carbocycles. The van der Waals surface area contributed by atoms with Crippen LogP contribution in [-0.2, 0) is 13.1 Å². The Kier molecular flexibility index (Phi) is 6.64. The third-order valence-corrected chi connectivity index (χ3v) is 8.32. The smallest absolute Gasteiger partial charge is 0.321 e. The zero-order chi connectivity index (χ0) is 28.6. The summed E-state index contributed by atoms with van der Waals surface area (Å²) in [5.41, 5.74) is 6.67. The van der Waals surface area contributed by atoms with E-state index in [1.165, 1.54) is 11.6 Å². The van der Waals surface area contributed by atoms with Crippen molar-refractivity contribution in [3.63, 3.8) is 0 Å². The second-order valence-electron chi connectivity index (χ2n) is 10.9. The summed E-state index contributed by atoms with van der Waals surface area (Å²) in [6, 6.07) is 31.5. The quantitative estimate of drug-likeness (QED) is 0.198. The highest BCUT2D eigenvalue weighted by molar-refractivity contribution is 6.12. The van der Waals surface area contributed by atoms with Gasteiger partial charge in [0, 0.05) is 54.6 Å². The van der Waals surface area contributed by atoms with Gasteiger partial charge in [0.05, 0.1) is 28.2 Å². The zero-order valence-corrected chi connectivity index (χ0v) is 23.0. The van der Waals surface area contributed by atoms with Gasteiger partial charge in [0.25, 0.3) is 5.69 Å². The SMILES string of the molecule is O=c1[nH]c2ccccc2n1C1CCN(Cc2ccc(N3Cc4cc([N+](=O)[O-])ccc4N=C3c3ccccc3)cc2)CC1. The molecular weight excluding hydrogens is 528 g/mol. The third kappa shape index (κ3) is 4.88. The minimum atomic E-state index is -0.364. The molecule has 0 atom stereocenters. The first-order chi connectivity index (χ1) is 20.5. The van der Waals surface area contributed by atoms with E-state index in [-0.39, 0.29) is 22.3 Å². The Morgan fingerprint density at radius 3 is 2.40 bits per heavy atom. The highest BCUT2D eigenvalue weighted by atomic mass is 16.6. The van der Waals surface area contributed by atoms with Gasteiger partial charge in [0.2, 0.25) is 0 Å². The number of piperidine rings is 1. The van der Waals surface area contributed by atoms with E-state index >= 15 is 0 Å². The highest BCUT2D eigenvalue weighted by Gasteiger charge is 2.26. The number of hydrogen-bond acceptors (Lipinski definition) is 6. The summed E-state index contributed by atoms with van der Waals surface area (Å²) >= 11 is 0. The predicted octanol–water partition coefficient (Wildman–Crippen LogP) is 6.17. The Balaban J connectivity index is 1.08. The number of nitrogens with one attached hydrogen (secondary N) is 1. The molecule has 0 saturated carbocycles. The monoisotopic (exact) mass is 558 g/mol. The molecule has 1 aromatic heterocycles. The normalized spacial score (nSPS) is 15.9. The van der Waals surface area contributed by atoms with E-state index in [9.17, 15) is 14.9 Å². The first-order valence-electron chi connectivity index (χ1n) is 14.2. The van der Waals surface area contributed by atoms with Gasteiger partial charge in [0.15, 0.2) is 0 Å². The van der Waals surface area contributed by atoms with Gasteiger partial charge < -0.3 is 9.88 Å². The molecule has 4 aromatic carbocycles. The van der Waals surface area contributed by atoms with Crippen LogP contribution in [0.3, 0.4) is 0 Å². The van der Waals surface area contributed by atoms with Crippen molar-refractivity contribution in [2.45, 2.75) is 32.0 Å². The van der Waals surface area contributed by atoms with Gasteiger partial charge >= 0.3 is 5.69 Å². The number of fused-ring (bicyclic) bond motifs is 2. The number of imidazole rings is 1. The van der Waals surface area contributed by atoms with Crippen LogP contribution in [0.2, 0.25) is 0 Å². The Hall–Kier alpha value is -5.02. The van der Waals surface area contributed by atoms with Crippen LogP contribution in [0.5, 0.6) is 0 Å². The van der Waals surface area contributed by atoms with E-state index in [0.717, 1.165) is 71.8 Å². The number of nitro groups is 1. The number of aromatic amines is 1. The second kappa shape index (κ2) is 10.8. The molecule has 1 saturated heterocycles. The molecular formula is C33H30N6O3. The number of rotatable bonds is 6. The van der Waals surface area contributed by atoms with Crippen LogP contribution in [0.4, 0.5) is 17.1 Å². The van der Waals surface area contributed by atoms with Crippen LogP contribution in [0, 0.1) is 10.1 Å². The molecule has 2 aliphatic heterocycles. The van der Waals surface area contributed by atoms with E-state index < -0.39 is 0 Å². The number of likely N-dealkylation sites (tertiary alicyclic amines) is 1. The lowest BCUT2D eigenvalue weighted by molar-refractivity contribution is -0.384. The van der Waals surface area contributed by atoms with Gasteiger partial charge in [-0.1, -0.05) is 54.6 Å². The van der Waals surface area contributed by atoms with Crippen molar-refractivity contribution in [1.29, 1.82) is 0 Å². The van der Waals surface area contributed by atoms with Gasteiger partial charge in [-0.25, -0.2) is 9.79 Å². The Bertz CT molecular complexity index is 1850. The van der Waals surface area contributed by atoms with Gasteiger partial charge in [-0.3, -0.25) is 19.6 Å². The molecule has 0 unspecified atom stereocenters. The maximum atomic E-state index is 12.7. The van der Waals surface area contributed by atoms with Crippen molar-refractivity contribution in [2.24, 2.45) is 4.99 Å². The van der Waals surface area contributed by atoms with Crippen LogP contribution in [-0.4, -0.2) is 38.3 Å². The summed E-state index contributed by atoms with van der Waals surface area (Å²) < 4.78 is 1.93. The molecule has 3 heterocycles. The summed E-state index contributed by atoms with van der Waals surface area (Å²) in [7, 11) is 0. The average molecular weight is 559 g/mol. The van der Waals surface area contributed by atoms with Crippen molar-refractivity contribution < 1.29 is 4.92 Å². The molecule has 0 spiro atoms. The molecule has 210 valence electrons. The number of nitro benzene ring substituents is 1. The van der Waals surface area contributed by atoms with Crippen LogP contribution in [0.15, 0.2) is 107 Å². The number of benzene rings is 4. The van der Waals surface area contributed by atoms with E-state index in [1.54, 1.807) is 12.1 Å². The van der Waals surface area contributed by atoms with E-state index in [0.29, 0.717) is 6.54 Å². The third-order valence-electron chi connectivity index (χ3n) is 8.32. The molecule has 2 aliphatic rings. The number of nitrogens with zero attached hydrogens (tertiary/aromatic N) is 5. The van der Waals surface area contributed by atoms with Gasteiger partial charge in [0.1, 0.15) is 5.84 Å². The number of hydrogen-bond donors (Lipinski definition) is 1. The van der Waals surface area contributed by atoms with Crippen molar-refractivity contribution in [3.05, 3.63) is 134 Å². The number of amidine groups is 1. The summed E-state index contributed by atoms with van der Waals surface area (Å²) in [6.07, 6.45) is 1.85.